The van der Waals surface area contributed by atoms with Crippen molar-refractivity contribution in [3.8, 4) is 0 Å². The number of hydrogen-bond acceptors (Lipinski definition) is 6. The van der Waals surface area contributed by atoms with Gasteiger partial charge >= 0.3 is 12.2 Å². The molecule has 26 heavy (non-hydrogen) atoms. The number of amides is 3. The summed E-state index contributed by atoms with van der Waals surface area (Å²) in [6.07, 6.45) is -0.0820. The van der Waals surface area contributed by atoms with Crippen LogP contribution in [0.2, 0.25) is 0 Å². The van der Waals surface area contributed by atoms with Crippen molar-refractivity contribution in [2.45, 2.75) is 72.5 Å². The van der Waals surface area contributed by atoms with E-state index in [0.717, 1.165) is 6.42 Å². The van der Waals surface area contributed by atoms with Crippen molar-refractivity contribution in [2.75, 3.05) is 13.1 Å². The molecule has 0 aliphatic rings. The number of guanidine groups is 1. The molecule has 0 radical (unpaired) electrons. The van der Waals surface area contributed by atoms with E-state index in [1.807, 2.05) is 0 Å². The topological polar surface area (TPSA) is 118 Å². The molecule has 0 saturated carbocycles. The first-order valence-corrected chi connectivity index (χ1v) is 8.57. The van der Waals surface area contributed by atoms with Crippen LogP contribution in [0.5, 0.6) is 0 Å². The summed E-state index contributed by atoms with van der Waals surface area (Å²) >= 11 is 0. The monoisotopic (exact) mass is 372 g/mol. The molecule has 0 aromatic rings. The SMILES string of the molecule is CC(=O)NCCCCN=C(NC(=O)OC(C)(C)C)NC(=O)OC(C)(C)C. The van der Waals surface area contributed by atoms with Crippen LogP contribution in [0.4, 0.5) is 9.59 Å². The van der Waals surface area contributed by atoms with Crippen LogP contribution in [-0.2, 0) is 14.3 Å². The van der Waals surface area contributed by atoms with Crippen molar-refractivity contribution >= 4 is 24.1 Å². The maximum absolute atomic E-state index is 11.9. The fourth-order valence-electron chi connectivity index (χ4n) is 1.60. The Balaban J connectivity index is 4.71. The standard InChI is InChI=1S/C17H32N4O5/c1-12(22)18-10-8-9-11-19-13(20-14(23)25-16(2,3)4)21-15(24)26-17(5,6)7/h8-11H2,1-7H3,(H,18,22)(H2,19,20,21,23,24). The van der Waals surface area contributed by atoms with Gasteiger partial charge in [0.1, 0.15) is 11.2 Å². The number of rotatable bonds is 5. The molecule has 0 fully saturated rings. The summed E-state index contributed by atoms with van der Waals surface area (Å²) < 4.78 is 10.3. The zero-order chi connectivity index (χ0) is 20.4. The van der Waals surface area contributed by atoms with Crippen LogP contribution in [0.15, 0.2) is 4.99 Å². The number of unbranched alkanes of at least 4 members (excludes halogenated alkanes) is 1. The molecule has 0 spiro atoms. The van der Waals surface area contributed by atoms with Crippen molar-refractivity contribution in [1.82, 2.24) is 16.0 Å². The minimum atomic E-state index is -0.731. The van der Waals surface area contributed by atoms with Gasteiger partial charge in [-0.05, 0) is 54.4 Å². The molecule has 150 valence electrons. The molecular weight excluding hydrogens is 340 g/mol. The molecule has 0 unspecified atom stereocenters. The Bertz CT molecular complexity index is 486. The highest BCUT2D eigenvalue weighted by Crippen LogP contribution is 2.07. The molecule has 9 heteroatoms. The van der Waals surface area contributed by atoms with Gasteiger partial charge < -0.3 is 14.8 Å². The van der Waals surface area contributed by atoms with Crippen molar-refractivity contribution in [3.63, 3.8) is 0 Å². The molecule has 0 aliphatic heterocycles. The molecule has 0 rings (SSSR count). The van der Waals surface area contributed by atoms with Gasteiger partial charge in [-0.3, -0.25) is 20.4 Å². The third-order valence-corrected chi connectivity index (χ3v) is 2.47. The largest absolute Gasteiger partial charge is 0.444 e. The molecule has 0 heterocycles. The number of carbonyl (C=O) groups is 3. The Morgan fingerprint density at radius 1 is 0.846 bits per heavy atom. The number of hydrogen-bond donors (Lipinski definition) is 3. The van der Waals surface area contributed by atoms with Crippen LogP contribution in [0, 0.1) is 0 Å². The Labute approximate surface area is 155 Å². The van der Waals surface area contributed by atoms with E-state index in [9.17, 15) is 14.4 Å². The molecule has 0 bridgehead atoms. The molecule has 3 N–H and O–H groups in total. The van der Waals surface area contributed by atoms with E-state index in [-0.39, 0.29) is 11.9 Å². The lowest BCUT2D eigenvalue weighted by molar-refractivity contribution is -0.118. The molecule has 9 nitrogen and oxygen atoms in total. The molecule has 0 saturated heterocycles. The number of aliphatic imine (C=N–C) groups is 1. The molecule has 0 aromatic carbocycles. The van der Waals surface area contributed by atoms with Crippen LogP contribution < -0.4 is 16.0 Å². The van der Waals surface area contributed by atoms with Gasteiger partial charge in [-0.1, -0.05) is 0 Å². The third kappa shape index (κ3) is 15.2. The second-order valence-electron chi connectivity index (χ2n) is 7.67. The highest BCUT2D eigenvalue weighted by molar-refractivity contribution is 6.01. The highest BCUT2D eigenvalue weighted by Gasteiger charge is 2.21. The number of nitrogens with one attached hydrogen (secondary N) is 3. The quantitative estimate of drug-likeness (QED) is 0.389. The molecule has 3 amide bonds. The average molecular weight is 372 g/mol. The second kappa shape index (κ2) is 10.6. The summed E-state index contributed by atoms with van der Waals surface area (Å²) in [5.74, 6) is -0.139. The molecule has 0 aromatic heterocycles. The fraction of sp³-hybridized carbons (Fsp3) is 0.765. The van der Waals surface area contributed by atoms with E-state index in [1.54, 1.807) is 41.5 Å². The Morgan fingerprint density at radius 2 is 1.31 bits per heavy atom. The van der Waals surface area contributed by atoms with Gasteiger partial charge in [-0.25, -0.2) is 9.59 Å². The average Bonchev–Trinajstić information content (AvgIpc) is 2.37. The van der Waals surface area contributed by atoms with E-state index in [0.29, 0.717) is 19.5 Å². The summed E-state index contributed by atoms with van der Waals surface area (Å²) in [4.78, 5) is 38.7. The number of carbonyl (C=O) groups excluding carboxylic acids is 3. The fourth-order valence-corrected chi connectivity index (χ4v) is 1.60. The van der Waals surface area contributed by atoms with Crippen molar-refractivity contribution < 1.29 is 23.9 Å². The number of nitrogens with zero attached hydrogens (tertiary/aromatic N) is 1. The van der Waals surface area contributed by atoms with Gasteiger partial charge in [0.2, 0.25) is 11.9 Å². The Hall–Kier alpha value is -2.32. The lowest BCUT2D eigenvalue weighted by atomic mass is 10.2. The highest BCUT2D eigenvalue weighted by atomic mass is 16.6. The second-order valence-corrected chi connectivity index (χ2v) is 7.67. The first-order chi connectivity index (χ1) is 11.8. The van der Waals surface area contributed by atoms with Crippen LogP contribution >= 0.6 is 0 Å². The van der Waals surface area contributed by atoms with Crippen LogP contribution in [0.1, 0.15) is 61.3 Å². The minimum Gasteiger partial charge on any atom is -0.444 e. The maximum atomic E-state index is 11.9. The van der Waals surface area contributed by atoms with E-state index in [2.05, 4.69) is 20.9 Å². The van der Waals surface area contributed by atoms with Gasteiger partial charge in [0, 0.05) is 20.0 Å². The zero-order valence-corrected chi connectivity index (χ0v) is 16.8. The van der Waals surface area contributed by atoms with Gasteiger partial charge in [-0.15, -0.1) is 0 Å². The normalized spacial score (nSPS) is 11.2. The number of ether oxygens (including phenoxy) is 2. The lowest BCUT2D eigenvalue weighted by Gasteiger charge is -2.22. The number of alkyl carbamates (subject to hydrolysis) is 2. The van der Waals surface area contributed by atoms with Gasteiger partial charge in [-0.2, -0.15) is 0 Å². The lowest BCUT2D eigenvalue weighted by Crippen LogP contribution is -2.47. The van der Waals surface area contributed by atoms with Gasteiger partial charge in [0.15, 0.2) is 0 Å². The van der Waals surface area contributed by atoms with Gasteiger partial charge in [0.25, 0.3) is 0 Å². The summed E-state index contributed by atoms with van der Waals surface area (Å²) in [6, 6.07) is 0. The predicted molar refractivity (Wildman–Crippen MR) is 99.0 cm³/mol. The maximum Gasteiger partial charge on any atom is 0.414 e. The van der Waals surface area contributed by atoms with Crippen LogP contribution in [0.25, 0.3) is 0 Å². The van der Waals surface area contributed by atoms with E-state index in [4.69, 9.17) is 9.47 Å². The zero-order valence-electron chi connectivity index (χ0n) is 16.8. The van der Waals surface area contributed by atoms with Crippen LogP contribution in [0.3, 0.4) is 0 Å². The predicted octanol–water partition coefficient (Wildman–Crippen LogP) is 2.31. The van der Waals surface area contributed by atoms with E-state index >= 15 is 0 Å². The third-order valence-electron chi connectivity index (χ3n) is 2.47. The van der Waals surface area contributed by atoms with Crippen molar-refractivity contribution in [1.29, 1.82) is 0 Å². The van der Waals surface area contributed by atoms with Gasteiger partial charge in [0.05, 0.1) is 0 Å². The molecule has 0 atom stereocenters. The molecule has 0 aliphatic carbocycles. The minimum absolute atomic E-state index is 0.0481. The molecular formula is C17H32N4O5. The van der Waals surface area contributed by atoms with Crippen LogP contribution in [-0.4, -0.2) is 48.3 Å². The summed E-state index contributed by atoms with van der Waals surface area (Å²) in [7, 11) is 0. The van der Waals surface area contributed by atoms with E-state index in [1.165, 1.54) is 6.92 Å². The first-order valence-electron chi connectivity index (χ1n) is 8.57. The Morgan fingerprint density at radius 3 is 1.69 bits per heavy atom. The van der Waals surface area contributed by atoms with Crippen molar-refractivity contribution in [3.05, 3.63) is 0 Å². The Kier molecular flexibility index (Phi) is 9.67. The summed E-state index contributed by atoms with van der Waals surface area (Å²) in [6.45, 7) is 12.7. The smallest absolute Gasteiger partial charge is 0.414 e. The van der Waals surface area contributed by atoms with E-state index < -0.39 is 23.4 Å². The first kappa shape index (κ1) is 23.7. The summed E-state index contributed by atoms with van der Waals surface area (Å²) in [5, 5.41) is 7.50. The van der Waals surface area contributed by atoms with Crippen molar-refractivity contribution in [2.24, 2.45) is 4.99 Å². The summed E-state index contributed by atoms with van der Waals surface area (Å²) in [5.41, 5.74) is -1.36.